The molecule has 1 fully saturated rings. The Morgan fingerprint density at radius 1 is 1.40 bits per heavy atom. The van der Waals surface area contributed by atoms with E-state index in [4.69, 9.17) is 9.84 Å². The number of nitrogens with zero attached hydrogens (tertiary/aromatic N) is 1. The monoisotopic (exact) mass is 277 g/mol. The number of ether oxygens (including phenoxy) is 1. The smallest absolute Gasteiger partial charge is 0.306 e. The van der Waals surface area contributed by atoms with Crippen LogP contribution in [0.25, 0.3) is 0 Å². The van der Waals surface area contributed by atoms with Crippen molar-refractivity contribution in [3.8, 4) is 5.75 Å². The summed E-state index contributed by atoms with van der Waals surface area (Å²) < 4.78 is 5.64. The number of rotatable bonds is 6. The van der Waals surface area contributed by atoms with Crippen LogP contribution < -0.4 is 4.74 Å². The molecule has 0 bridgehead atoms. The van der Waals surface area contributed by atoms with E-state index in [0.717, 1.165) is 51.3 Å². The molecule has 0 aromatic heterocycles. The summed E-state index contributed by atoms with van der Waals surface area (Å²) in [6.45, 7) is 5.42. The van der Waals surface area contributed by atoms with E-state index in [1.54, 1.807) is 0 Å². The Hall–Kier alpha value is -1.55. The number of benzene rings is 1. The number of carboxylic acids is 1. The van der Waals surface area contributed by atoms with Crippen LogP contribution in [0.5, 0.6) is 5.75 Å². The predicted molar refractivity (Wildman–Crippen MR) is 77.9 cm³/mol. The van der Waals surface area contributed by atoms with Gasteiger partial charge in [0, 0.05) is 6.54 Å². The van der Waals surface area contributed by atoms with Crippen molar-refractivity contribution in [3.05, 3.63) is 29.8 Å². The number of piperidine rings is 1. The van der Waals surface area contributed by atoms with Gasteiger partial charge in [0.25, 0.3) is 0 Å². The molecule has 4 nitrogen and oxygen atoms in total. The number of carbonyl (C=O) groups is 1. The summed E-state index contributed by atoms with van der Waals surface area (Å²) in [6, 6.07) is 8.18. The van der Waals surface area contributed by atoms with Gasteiger partial charge in [-0.25, -0.2) is 0 Å². The summed E-state index contributed by atoms with van der Waals surface area (Å²) in [6.07, 6.45) is 2.51. The molecule has 1 saturated heterocycles. The van der Waals surface area contributed by atoms with E-state index in [-0.39, 0.29) is 5.92 Å². The van der Waals surface area contributed by atoms with Crippen LogP contribution in [0.4, 0.5) is 0 Å². The quantitative estimate of drug-likeness (QED) is 0.868. The third kappa shape index (κ3) is 4.23. The standard InChI is InChI=1S/C16H23NO3/c1-2-10-20-15-5-3-4-13(11-15)12-17-8-6-14(7-9-17)16(18)19/h3-5,11,14H,2,6-10,12H2,1H3,(H,18,19). The van der Waals surface area contributed by atoms with E-state index in [2.05, 4.69) is 24.0 Å². The summed E-state index contributed by atoms with van der Waals surface area (Å²) in [5.74, 6) is 0.106. The molecule has 1 aliphatic heterocycles. The van der Waals surface area contributed by atoms with Gasteiger partial charge < -0.3 is 9.84 Å². The second-order valence-electron chi connectivity index (χ2n) is 5.38. The van der Waals surface area contributed by atoms with E-state index in [0.29, 0.717) is 0 Å². The van der Waals surface area contributed by atoms with Gasteiger partial charge in [0.2, 0.25) is 0 Å². The topological polar surface area (TPSA) is 49.8 Å². The Balaban J connectivity index is 1.86. The predicted octanol–water partition coefficient (Wildman–Crippen LogP) is 2.77. The van der Waals surface area contributed by atoms with Crippen LogP contribution in [0, 0.1) is 5.92 Å². The van der Waals surface area contributed by atoms with Crippen molar-refractivity contribution in [1.82, 2.24) is 4.90 Å². The highest BCUT2D eigenvalue weighted by Gasteiger charge is 2.24. The third-order valence-corrected chi connectivity index (χ3v) is 3.71. The van der Waals surface area contributed by atoms with Gasteiger partial charge in [0.05, 0.1) is 12.5 Å². The van der Waals surface area contributed by atoms with Crippen molar-refractivity contribution in [3.63, 3.8) is 0 Å². The first-order valence-electron chi connectivity index (χ1n) is 7.36. The molecule has 0 saturated carbocycles. The van der Waals surface area contributed by atoms with Gasteiger partial charge in [0.1, 0.15) is 5.75 Å². The van der Waals surface area contributed by atoms with Crippen LogP contribution in [-0.4, -0.2) is 35.7 Å². The minimum Gasteiger partial charge on any atom is -0.494 e. The van der Waals surface area contributed by atoms with E-state index in [1.165, 1.54) is 5.56 Å². The first kappa shape index (κ1) is 14.9. The van der Waals surface area contributed by atoms with E-state index < -0.39 is 5.97 Å². The number of carboxylic acid groups (broad SMARTS) is 1. The first-order valence-corrected chi connectivity index (χ1v) is 7.36. The van der Waals surface area contributed by atoms with Crippen LogP contribution >= 0.6 is 0 Å². The second-order valence-corrected chi connectivity index (χ2v) is 5.38. The van der Waals surface area contributed by atoms with Crippen molar-refractivity contribution in [2.45, 2.75) is 32.7 Å². The van der Waals surface area contributed by atoms with Crippen LogP contribution in [0.15, 0.2) is 24.3 Å². The molecule has 20 heavy (non-hydrogen) atoms. The molecule has 1 aromatic rings. The lowest BCUT2D eigenvalue weighted by atomic mass is 9.97. The number of likely N-dealkylation sites (tertiary alicyclic amines) is 1. The number of hydrogen-bond acceptors (Lipinski definition) is 3. The fourth-order valence-corrected chi connectivity index (χ4v) is 2.55. The highest BCUT2D eigenvalue weighted by Crippen LogP contribution is 2.21. The zero-order valence-corrected chi connectivity index (χ0v) is 12.0. The van der Waals surface area contributed by atoms with Gasteiger partial charge in [-0.2, -0.15) is 0 Å². The van der Waals surface area contributed by atoms with Gasteiger partial charge >= 0.3 is 5.97 Å². The van der Waals surface area contributed by atoms with E-state index >= 15 is 0 Å². The summed E-state index contributed by atoms with van der Waals surface area (Å²) in [5, 5.41) is 9.00. The maximum absolute atomic E-state index is 10.9. The van der Waals surface area contributed by atoms with Crippen LogP contribution in [-0.2, 0) is 11.3 Å². The van der Waals surface area contributed by atoms with Gasteiger partial charge in [-0.15, -0.1) is 0 Å². The third-order valence-electron chi connectivity index (χ3n) is 3.71. The molecule has 0 radical (unpaired) electrons. The molecule has 1 N–H and O–H groups in total. The van der Waals surface area contributed by atoms with Crippen LogP contribution in [0.1, 0.15) is 31.7 Å². The van der Waals surface area contributed by atoms with Gasteiger partial charge in [0.15, 0.2) is 0 Å². The minimum atomic E-state index is -0.653. The molecule has 0 amide bonds. The SMILES string of the molecule is CCCOc1cccc(CN2CCC(C(=O)O)CC2)c1. The molecule has 110 valence electrons. The molecule has 2 rings (SSSR count). The fourth-order valence-electron chi connectivity index (χ4n) is 2.55. The normalized spacial score (nSPS) is 17.1. The van der Waals surface area contributed by atoms with E-state index in [1.807, 2.05) is 12.1 Å². The number of aliphatic carboxylic acids is 1. The van der Waals surface area contributed by atoms with Crippen molar-refractivity contribution in [2.24, 2.45) is 5.92 Å². The molecule has 4 heteroatoms. The zero-order valence-electron chi connectivity index (χ0n) is 12.0. The molecule has 0 unspecified atom stereocenters. The molecule has 1 aromatic carbocycles. The maximum Gasteiger partial charge on any atom is 0.306 e. The van der Waals surface area contributed by atoms with Gasteiger partial charge in [-0.05, 0) is 50.0 Å². The molecule has 1 aliphatic rings. The van der Waals surface area contributed by atoms with E-state index in [9.17, 15) is 4.79 Å². The first-order chi connectivity index (χ1) is 9.69. The Bertz CT molecular complexity index is 439. The average Bonchev–Trinajstić information content (AvgIpc) is 2.46. The molecule has 0 spiro atoms. The van der Waals surface area contributed by atoms with Crippen molar-refractivity contribution < 1.29 is 14.6 Å². The summed E-state index contributed by atoms with van der Waals surface area (Å²) in [4.78, 5) is 13.2. The van der Waals surface area contributed by atoms with Crippen LogP contribution in [0.2, 0.25) is 0 Å². The summed E-state index contributed by atoms with van der Waals surface area (Å²) >= 11 is 0. The lowest BCUT2D eigenvalue weighted by molar-refractivity contribution is -0.143. The lowest BCUT2D eigenvalue weighted by Crippen LogP contribution is -2.35. The molecule has 1 heterocycles. The second kappa shape index (κ2) is 7.29. The largest absolute Gasteiger partial charge is 0.494 e. The Morgan fingerprint density at radius 2 is 2.15 bits per heavy atom. The van der Waals surface area contributed by atoms with Crippen molar-refractivity contribution in [2.75, 3.05) is 19.7 Å². The Labute approximate surface area is 120 Å². The molecular weight excluding hydrogens is 254 g/mol. The maximum atomic E-state index is 10.9. The van der Waals surface area contributed by atoms with Crippen LogP contribution in [0.3, 0.4) is 0 Å². The fraction of sp³-hybridized carbons (Fsp3) is 0.562. The highest BCUT2D eigenvalue weighted by atomic mass is 16.5. The summed E-state index contributed by atoms with van der Waals surface area (Å²) in [5.41, 5.74) is 1.23. The Kier molecular flexibility index (Phi) is 5.41. The molecular formula is C16H23NO3. The van der Waals surface area contributed by atoms with Gasteiger partial charge in [-0.1, -0.05) is 19.1 Å². The molecule has 0 aliphatic carbocycles. The highest BCUT2D eigenvalue weighted by molar-refractivity contribution is 5.70. The van der Waals surface area contributed by atoms with Gasteiger partial charge in [-0.3, -0.25) is 9.69 Å². The zero-order chi connectivity index (χ0) is 14.4. The minimum absolute atomic E-state index is 0.162. The Morgan fingerprint density at radius 3 is 2.80 bits per heavy atom. The summed E-state index contributed by atoms with van der Waals surface area (Å²) in [7, 11) is 0. The lowest BCUT2D eigenvalue weighted by Gasteiger charge is -2.30. The van der Waals surface area contributed by atoms with Crippen molar-refractivity contribution in [1.29, 1.82) is 0 Å². The molecule has 0 atom stereocenters. The van der Waals surface area contributed by atoms with Crippen molar-refractivity contribution >= 4 is 5.97 Å². The number of hydrogen-bond donors (Lipinski definition) is 1. The average molecular weight is 277 g/mol.